The maximum atomic E-state index is 12.5. The molecule has 2 aromatic rings. The summed E-state index contributed by atoms with van der Waals surface area (Å²) in [4.78, 5) is 29.1. The Balaban J connectivity index is 2.02. The lowest BCUT2D eigenvalue weighted by Gasteiger charge is -2.47. The zero-order valence-corrected chi connectivity index (χ0v) is 16.2. The van der Waals surface area contributed by atoms with Gasteiger partial charge in [-0.15, -0.1) is 0 Å². The van der Waals surface area contributed by atoms with Crippen LogP contribution in [0.25, 0.3) is 0 Å². The Morgan fingerprint density at radius 3 is 1.42 bits per heavy atom. The Morgan fingerprint density at radius 2 is 1.12 bits per heavy atom. The molecule has 0 radical (unpaired) electrons. The highest BCUT2D eigenvalue weighted by atomic mass is 35.5. The van der Waals surface area contributed by atoms with Crippen LogP contribution in [0, 0.1) is 5.41 Å². The highest BCUT2D eigenvalue weighted by Gasteiger charge is 2.47. The van der Waals surface area contributed by atoms with E-state index < -0.39 is 5.41 Å². The number of carbonyl (C=O) groups is 2. The molecule has 2 aromatic carbocycles. The molecule has 136 valence electrons. The van der Waals surface area contributed by atoms with Crippen molar-refractivity contribution in [3.63, 3.8) is 0 Å². The number of carbonyl (C=O) groups excluding carboxylic acids is 2. The third-order valence-corrected chi connectivity index (χ3v) is 5.50. The first-order chi connectivity index (χ1) is 12.3. The van der Waals surface area contributed by atoms with E-state index in [9.17, 15) is 9.59 Å². The number of ketones is 2. The van der Waals surface area contributed by atoms with Crippen LogP contribution in [0.3, 0.4) is 0 Å². The van der Waals surface area contributed by atoms with Gasteiger partial charge in [-0.3, -0.25) is 9.59 Å². The van der Waals surface area contributed by atoms with Crippen molar-refractivity contribution in [3.8, 4) is 0 Å². The Hall–Kier alpha value is -2.04. The second kappa shape index (κ2) is 7.29. The average molecular weight is 391 g/mol. The van der Waals surface area contributed by atoms with E-state index in [1.165, 1.54) is 13.8 Å². The van der Waals surface area contributed by atoms with Crippen molar-refractivity contribution in [2.75, 3.05) is 29.6 Å². The van der Waals surface area contributed by atoms with E-state index in [4.69, 9.17) is 23.2 Å². The molecule has 0 atom stereocenters. The molecule has 0 amide bonds. The van der Waals surface area contributed by atoms with E-state index in [2.05, 4.69) is 0 Å². The minimum absolute atomic E-state index is 0.123. The number of halogens is 2. The van der Waals surface area contributed by atoms with E-state index in [1.54, 1.807) is 24.3 Å². The minimum Gasteiger partial charge on any atom is -0.352 e. The molecule has 0 saturated carbocycles. The molecule has 1 fully saturated rings. The lowest BCUT2D eigenvalue weighted by Crippen LogP contribution is -2.61. The Labute approximate surface area is 163 Å². The van der Waals surface area contributed by atoms with Gasteiger partial charge >= 0.3 is 0 Å². The molecule has 0 aromatic heterocycles. The van der Waals surface area contributed by atoms with Crippen molar-refractivity contribution < 1.29 is 9.59 Å². The van der Waals surface area contributed by atoms with Gasteiger partial charge in [0, 0.05) is 34.5 Å². The van der Waals surface area contributed by atoms with E-state index in [-0.39, 0.29) is 11.6 Å². The summed E-state index contributed by atoms with van der Waals surface area (Å²) in [6.07, 6.45) is 0. The zero-order valence-electron chi connectivity index (χ0n) is 14.7. The zero-order chi connectivity index (χ0) is 18.9. The first-order valence-corrected chi connectivity index (χ1v) is 9.10. The molecule has 6 heteroatoms. The summed E-state index contributed by atoms with van der Waals surface area (Å²) in [7, 11) is 0. The van der Waals surface area contributed by atoms with Gasteiger partial charge in [-0.25, -0.2) is 0 Å². The maximum Gasteiger partial charge on any atom is 0.146 e. The molecule has 1 aliphatic rings. The van der Waals surface area contributed by atoms with E-state index >= 15 is 0 Å². The molecular formula is C20H20Cl2N2O2. The Kier molecular flexibility index (Phi) is 5.26. The van der Waals surface area contributed by atoms with Crippen LogP contribution in [0.2, 0.25) is 10.0 Å². The number of Topliss-reactive ketones (excluding diaryl/α,β-unsaturated/α-hetero) is 2. The molecule has 0 aliphatic carbocycles. The molecule has 1 aliphatic heterocycles. The van der Waals surface area contributed by atoms with Crippen LogP contribution < -0.4 is 9.80 Å². The van der Waals surface area contributed by atoms with Crippen LogP contribution >= 0.6 is 23.2 Å². The monoisotopic (exact) mass is 390 g/mol. The number of nitrogens with zero attached hydrogens (tertiary/aromatic N) is 2. The third kappa shape index (κ3) is 3.57. The quantitative estimate of drug-likeness (QED) is 0.723. The first kappa shape index (κ1) is 18.7. The molecule has 0 spiro atoms. The van der Waals surface area contributed by atoms with Crippen LogP contribution in [0.15, 0.2) is 48.5 Å². The van der Waals surface area contributed by atoms with Gasteiger partial charge in [0.2, 0.25) is 0 Å². The van der Waals surface area contributed by atoms with Gasteiger partial charge in [0.05, 0.1) is 6.67 Å². The molecule has 0 unspecified atom stereocenters. The van der Waals surface area contributed by atoms with E-state index in [0.717, 1.165) is 11.4 Å². The molecule has 1 saturated heterocycles. The lowest BCUT2D eigenvalue weighted by molar-refractivity contribution is -0.137. The van der Waals surface area contributed by atoms with Gasteiger partial charge in [-0.2, -0.15) is 0 Å². The average Bonchev–Trinajstić information content (AvgIpc) is 2.62. The number of benzene rings is 2. The molecule has 26 heavy (non-hydrogen) atoms. The highest BCUT2D eigenvalue weighted by molar-refractivity contribution is 6.30. The second-order valence-electron chi connectivity index (χ2n) is 6.68. The summed E-state index contributed by atoms with van der Waals surface area (Å²) in [5.41, 5.74) is 0.761. The largest absolute Gasteiger partial charge is 0.352 e. The summed E-state index contributed by atoms with van der Waals surface area (Å²) in [6.45, 7) is 4.25. The van der Waals surface area contributed by atoms with Gasteiger partial charge in [-0.1, -0.05) is 23.2 Å². The molecule has 4 nitrogen and oxygen atoms in total. The van der Waals surface area contributed by atoms with Crippen LogP contribution in [-0.2, 0) is 9.59 Å². The maximum absolute atomic E-state index is 12.5. The summed E-state index contributed by atoms with van der Waals surface area (Å²) < 4.78 is 0. The molecular weight excluding hydrogens is 371 g/mol. The van der Waals surface area contributed by atoms with Gasteiger partial charge in [0.25, 0.3) is 0 Å². The minimum atomic E-state index is -1.07. The van der Waals surface area contributed by atoms with Gasteiger partial charge in [-0.05, 0) is 62.4 Å². The van der Waals surface area contributed by atoms with Crippen LogP contribution in [-0.4, -0.2) is 31.3 Å². The summed E-state index contributed by atoms with van der Waals surface area (Å²) in [6, 6.07) is 14.8. The highest BCUT2D eigenvalue weighted by Crippen LogP contribution is 2.34. The fourth-order valence-corrected chi connectivity index (χ4v) is 3.60. The molecule has 0 N–H and O–H groups in total. The van der Waals surface area contributed by atoms with E-state index in [0.29, 0.717) is 29.8 Å². The predicted octanol–water partition coefficient (Wildman–Crippen LogP) is 4.44. The van der Waals surface area contributed by atoms with Crippen molar-refractivity contribution in [1.29, 1.82) is 0 Å². The normalized spacial score (nSPS) is 16.5. The number of hydrogen-bond donors (Lipinski definition) is 0. The second-order valence-corrected chi connectivity index (χ2v) is 7.56. The van der Waals surface area contributed by atoms with Gasteiger partial charge < -0.3 is 9.80 Å². The fraction of sp³-hybridized carbons (Fsp3) is 0.300. The smallest absolute Gasteiger partial charge is 0.146 e. The fourth-order valence-electron chi connectivity index (χ4n) is 3.35. The standard InChI is InChI=1S/C20H20Cl2N2O2/c1-14(25)20(15(2)26)11-23(18-7-3-16(21)4-8-18)13-24(12-20)19-9-5-17(22)6-10-19/h3-10H,11-13H2,1-2H3. The topological polar surface area (TPSA) is 40.6 Å². The summed E-state index contributed by atoms with van der Waals surface area (Å²) in [5.74, 6) is -0.245. The molecule has 0 bridgehead atoms. The first-order valence-electron chi connectivity index (χ1n) is 8.35. The van der Waals surface area contributed by atoms with Crippen LogP contribution in [0.5, 0.6) is 0 Å². The molecule has 3 rings (SSSR count). The summed E-state index contributed by atoms with van der Waals surface area (Å²) in [5, 5.41) is 1.29. The van der Waals surface area contributed by atoms with Gasteiger partial charge in [0.15, 0.2) is 0 Å². The SMILES string of the molecule is CC(=O)C1(C(C)=O)CN(c2ccc(Cl)cc2)CN(c2ccc(Cl)cc2)C1. The predicted molar refractivity (Wildman–Crippen MR) is 106 cm³/mol. The van der Waals surface area contributed by atoms with Crippen molar-refractivity contribution in [2.45, 2.75) is 13.8 Å². The Morgan fingerprint density at radius 1 is 0.769 bits per heavy atom. The van der Waals surface area contributed by atoms with Crippen LogP contribution in [0.1, 0.15) is 13.8 Å². The lowest BCUT2D eigenvalue weighted by atomic mass is 9.77. The van der Waals surface area contributed by atoms with Crippen molar-refractivity contribution in [3.05, 3.63) is 58.6 Å². The number of rotatable bonds is 4. The number of hydrogen-bond acceptors (Lipinski definition) is 4. The van der Waals surface area contributed by atoms with Crippen molar-refractivity contribution in [1.82, 2.24) is 0 Å². The third-order valence-electron chi connectivity index (χ3n) is 4.99. The number of anilines is 2. The van der Waals surface area contributed by atoms with Crippen molar-refractivity contribution >= 4 is 46.1 Å². The molecule has 1 heterocycles. The van der Waals surface area contributed by atoms with Gasteiger partial charge in [0.1, 0.15) is 17.0 Å². The summed E-state index contributed by atoms with van der Waals surface area (Å²) >= 11 is 12.0. The van der Waals surface area contributed by atoms with Crippen LogP contribution in [0.4, 0.5) is 11.4 Å². The Bertz CT molecular complexity index is 749. The van der Waals surface area contributed by atoms with Crippen molar-refractivity contribution in [2.24, 2.45) is 5.41 Å². The van der Waals surface area contributed by atoms with E-state index in [1.807, 2.05) is 34.1 Å².